The lowest BCUT2D eigenvalue weighted by Gasteiger charge is -2.21. The molecule has 1 aromatic rings. The summed E-state index contributed by atoms with van der Waals surface area (Å²) in [6, 6.07) is 0. The number of carbonyl (C=O) groups is 1. The minimum atomic E-state index is -0.715. The van der Waals surface area contributed by atoms with Crippen molar-refractivity contribution >= 4 is 5.97 Å². The number of carboxylic acids is 1. The lowest BCUT2D eigenvalue weighted by molar-refractivity contribution is -0.142. The second-order valence-electron chi connectivity index (χ2n) is 5.83. The maximum atomic E-state index is 11.0. The highest BCUT2D eigenvalue weighted by Gasteiger charge is 2.29. The first kappa shape index (κ1) is 12.6. The molecule has 19 heavy (non-hydrogen) atoms. The van der Waals surface area contributed by atoms with Gasteiger partial charge in [0.2, 0.25) is 0 Å². The lowest BCUT2D eigenvalue weighted by Crippen LogP contribution is -2.27. The molecule has 0 spiro atoms. The van der Waals surface area contributed by atoms with E-state index in [0.29, 0.717) is 18.8 Å². The van der Waals surface area contributed by atoms with Crippen molar-refractivity contribution in [1.82, 2.24) is 19.7 Å². The maximum Gasteiger partial charge on any atom is 0.307 e. The van der Waals surface area contributed by atoms with E-state index in [1.54, 1.807) is 0 Å². The largest absolute Gasteiger partial charge is 0.481 e. The summed E-state index contributed by atoms with van der Waals surface area (Å²) in [5.41, 5.74) is 0. The lowest BCUT2D eigenvalue weighted by atomic mass is 9.97. The van der Waals surface area contributed by atoms with Crippen LogP contribution in [-0.2, 0) is 24.2 Å². The van der Waals surface area contributed by atoms with Gasteiger partial charge in [0.25, 0.3) is 0 Å². The van der Waals surface area contributed by atoms with Crippen molar-refractivity contribution in [2.24, 2.45) is 11.8 Å². The van der Waals surface area contributed by atoms with Crippen LogP contribution < -0.4 is 0 Å². The van der Waals surface area contributed by atoms with Gasteiger partial charge in [-0.1, -0.05) is 0 Å². The van der Waals surface area contributed by atoms with Crippen LogP contribution in [0.15, 0.2) is 0 Å². The fourth-order valence-electron chi connectivity index (χ4n) is 3.20. The minimum Gasteiger partial charge on any atom is -0.481 e. The second-order valence-corrected chi connectivity index (χ2v) is 5.83. The second kappa shape index (κ2) is 4.92. The Kier molecular flexibility index (Phi) is 3.26. The summed E-state index contributed by atoms with van der Waals surface area (Å²) < 4.78 is 2.14. The van der Waals surface area contributed by atoms with Gasteiger partial charge in [0.05, 0.1) is 5.92 Å². The Hall–Kier alpha value is -1.43. The third-order valence-electron chi connectivity index (χ3n) is 4.34. The Morgan fingerprint density at radius 3 is 2.89 bits per heavy atom. The summed E-state index contributed by atoms with van der Waals surface area (Å²) in [6.07, 6.45) is 3.40. The number of aromatic nitrogens is 3. The fraction of sp³-hybridized carbons (Fsp3) is 0.769. The van der Waals surface area contributed by atoms with Crippen LogP contribution in [0, 0.1) is 11.8 Å². The molecule has 0 bridgehead atoms. The molecule has 1 N–H and O–H groups in total. The number of likely N-dealkylation sites (tertiary alicyclic amines) is 1. The molecular weight excluding hydrogens is 244 g/mol. The average molecular weight is 264 g/mol. The van der Waals surface area contributed by atoms with Gasteiger partial charge in [-0.15, -0.1) is 10.2 Å². The first-order valence-corrected chi connectivity index (χ1v) is 6.96. The summed E-state index contributed by atoms with van der Waals surface area (Å²) in [4.78, 5) is 13.4. The third-order valence-corrected chi connectivity index (χ3v) is 4.34. The molecule has 2 aliphatic heterocycles. The molecule has 0 aromatic carbocycles. The van der Waals surface area contributed by atoms with Crippen LogP contribution >= 0.6 is 0 Å². The van der Waals surface area contributed by atoms with Gasteiger partial charge in [0, 0.05) is 25.9 Å². The first-order chi connectivity index (χ1) is 9.13. The van der Waals surface area contributed by atoms with E-state index >= 15 is 0 Å². The van der Waals surface area contributed by atoms with Crippen LogP contribution in [0.3, 0.4) is 0 Å². The van der Waals surface area contributed by atoms with Crippen molar-refractivity contribution in [3.8, 4) is 0 Å². The van der Waals surface area contributed by atoms with Crippen LogP contribution in [0.2, 0.25) is 0 Å². The molecule has 2 unspecified atom stereocenters. The van der Waals surface area contributed by atoms with E-state index in [1.165, 1.54) is 6.42 Å². The molecule has 0 saturated carbocycles. The molecule has 0 radical (unpaired) electrons. The number of hydrogen-bond acceptors (Lipinski definition) is 4. The number of carboxylic acid groups (broad SMARTS) is 1. The summed E-state index contributed by atoms with van der Waals surface area (Å²) in [7, 11) is 2.15. The van der Waals surface area contributed by atoms with Crippen LogP contribution in [0.5, 0.6) is 0 Å². The highest BCUT2D eigenvalue weighted by molar-refractivity contribution is 5.70. The zero-order valence-corrected chi connectivity index (χ0v) is 11.2. The molecule has 104 valence electrons. The first-order valence-electron chi connectivity index (χ1n) is 6.96. The molecule has 0 amide bonds. The highest BCUT2D eigenvalue weighted by atomic mass is 16.4. The highest BCUT2D eigenvalue weighted by Crippen LogP contribution is 2.24. The number of fused-ring (bicyclic) bond motifs is 1. The molecule has 0 aliphatic carbocycles. The molecule has 3 rings (SSSR count). The SMILES string of the molecule is CN1CCC(Cc2nnc3n2CCC(C(=O)O)C3)C1. The van der Waals surface area contributed by atoms with Crippen LogP contribution in [0.4, 0.5) is 0 Å². The van der Waals surface area contributed by atoms with Crippen molar-refractivity contribution in [3.63, 3.8) is 0 Å². The van der Waals surface area contributed by atoms with Crippen molar-refractivity contribution in [1.29, 1.82) is 0 Å². The van der Waals surface area contributed by atoms with Crippen LogP contribution in [0.1, 0.15) is 24.5 Å². The Morgan fingerprint density at radius 2 is 2.21 bits per heavy atom. The molecule has 6 nitrogen and oxygen atoms in total. The van der Waals surface area contributed by atoms with E-state index in [1.807, 2.05) is 0 Å². The van der Waals surface area contributed by atoms with E-state index in [0.717, 1.165) is 37.7 Å². The quantitative estimate of drug-likeness (QED) is 0.856. The average Bonchev–Trinajstić information content (AvgIpc) is 2.96. The maximum absolute atomic E-state index is 11.0. The Bertz CT molecular complexity index is 485. The summed E-state index contributed by atoms with van der Waals surface area (Å²) in [5.74, 6) is 1.55. The predicted octanol–water partition coefficient (Wildman–Crippen LogP) is 0.419. The van der Waals surface area contributed by atoms with Gasteiger partial charge < -0.3 is 14.6 Å². The Labute approximate surface area is 112 Å². The molecule has 6 heteroatoms. The molecule has 2 atom stereocenters. The van der Waals surface area contributed by atoms with Gasteiger partial charge in [0.15, 0.2) is 0 Å². The number of aliphatic carboxylic acids is 1. The Morgan fingerprint density at radius 1 is 1.37 bits per heavy atom. The van der Waals surface area contributed by atoms with E-state index in [-0.39, 0.29) is 5.92 Å². The van der Waals surface area contributed by atoms with Crippen molar-refractivity contribution in [3.05, 3.63) is 11.6 Å². The van der Waals surface area contributed by atoms with Gasteiger partial charge in [-0.3, -0.25) is 4.79 Å². The summed E-state index contributed by atoms with van der Waals surface area (Å²) in [5, 5.41) is 17.5. The topological polar surface area (TPSA) is 71.2 Å². The van der Waals surface area contributed by atoms with Gasteiger partial charge in [-0.2, -0.15) is 0 Å². The number of nitrogens with zero attached hydrogens (tertiary/aromatic N) is 4. The summed E-state index contributed by atoms with van der Waals surface area (Å²) in [6.45, 7) is 3.03. The van der Waals surface area contributed by atoms with Gasteiger partial charge >= 0.3 is 5.97 Å². The number of hydrogen-bond donors (Lipinski definition) is 1. The van der Waals surface area contributed by atoms with E-state index in [2.05, 4.69) is 26.7 Å². The zero-order chi connectivity index (χ0) is 13.4. The molecular formula is C13H20N4O2. The third kappa shape index (κ3) is 2.49. The van der Waals surface area contributed by atoms with Gasteiger partial charge in [-0.05, 0) is 32.4 Å². The predicted molar refractivity (Wildman–Crippen MR) is 68.8 cm³/mol. The number of rotatable bonds is 3. The minimum absolute atomic E-state index is 0.290. The monoisotopic (exact) mass is 264 g/mol. The molecule has 1 fully saturated rings. The van der Waals surface area contributed by atoms with E-state index in [9.17, 15) is 4.79 Å². The molecule has 2 aliphatic rings. The smallest absolute Gasteiger partial charge is 0.307 e. The zero-order valence-electron chi connectivity index (χ0n) is 11.2. The van der Waals surface area contributed by atoms with Gasteiger partial charge in [-0.25, -0.2) is 0 Å². The van der Waals surface area contributed by atoms with E-state index in [4.69, 9.17) is 5.11 Å². The van der Waals surface area contributed by atoms with Crippen LogP contribution in [-0.4, -0.2) is 50.9 Å². The fourth-order valence-corrected chi connectivity index (χ4v) is 3.20. The summed E-state index contributed by atoms with van der Waals surface area (Å²) >= 11 is 0. The van der Waals surface area contributed by atoms with Crippen molar-refractivity contribution in [2.75, 3.05) is 20.1 Å². The van der Waals surface area contributed by atoms with E-state index < -0.39 is 5.97 Å². The van der Waals surface area contributed by atoms with Crippen molar-refractivity contribution in [2.45, 2.75) is 32.2 Å². The normalized spacial score (nSPS) is 27.4. The Balaban J connectivity index is 1.70. The van der Waals surface area contributed by atoms with Crippen molar-refractivity contribution < 1.29 is 9.90 Å². The molecule has 1 aromatic heterocycles. The molecule has 1 saturated heterocycles. The van der Waals surface area contributed by atoms with Gasteiger partial charge in [0.1, 0.15) is 11.6 Å². The standard InChI is InChI=1S/C13H20N4O2/c1-16-4-2-9(8-16)6-11-14-15-12-7-10(13(18)19)3-5-17(11)12/h9-10H,2-8H2,1H3,(H,18,19). The molecule has 3 heterocycles. The van der Waals surface area contributed by atoms with Crippen LogP contribution in [0.25, 0.3) is 0 Å².